The van der Waals surface area contributed by atoms with Crippen molar-refractivity contribution in [2.45, 2.75) is 33.1 Å². The molecule has 0 bridgehead atoms. The van der Waals surface area contributed by atoms with Crippen molar-refractivity contribution in [1.82, 2.24) is 4.90 Å². The lowest BCUT2D eigenvalue weighted by molar-refractivity contribution is 0.343. The van der Waals surface area contributed by atoms with Crippen LogP contribution in [0.2, 0.25) is 0 Å². The highest BCUT2D eigenvalue weighted by atomic mass is 15.1. The van der Waals surface area contributed by atoms with Gasteiger partial charge in [-0.3, -0.25) is 0 Å². The number of hydrogen-bond acceptors (Lipinski definition) is 2. The van der Waals surface area contributed by atoms with Gasteiger partial charge in [-0.2, -0.15) is 0 Å². The van der Waals surface area contributed by atoms with Crippen LogP contribution in [0.3, 0.4) is 0 Å². The number of nitrogens with two attached hydrogens (primary N) is 1. The minimum absolute atomic E-state index is 1.18. The SMILES string of the molecule is CCCCCN(C)CC.CN. The summed E-state index contributed by atoms with van der Waals surface area (Å²) in [4.78, 5) is 2.36. The third-order valence-electron chi connectivity index (χ3n) is 1.68. The second-order valence-electron chi connectivity index (χ2n) is 2.60. The van der Waals surface area contributed by atoms with Crippen LogP contribution < -0.4 is 5.73 Å². The van der Waals surface area contributed by atoms with Crippen LogP contribution >= 0.6 is 0 Å². The molecule has 0 atom stereocenters. The summed E-state index contributed by atoms with van der Waals surface area (Å²) in [6.07, 6.45) is 4.07. The molecule has 0 rings (SSSR count). The average molecular weight is 160 g/mol. The molecule has 70 valence electrons. The van der Waals surface area contributed by atoms with Gasteiger partial charge < -0.3 is 10.6 Å². The first-order chi connectivity index (χ1) is 5.31. The van der Waals surface area contributed by atoms with Gasteiger partial charge in [-0.05, 0) is 33.6 Å². The minimum Gasteiger partial charge on any atom is -0.333 e. The van der Waals surface area contributed by atoms with E-state index in [1.807, 2.05) is 0 Å². The number of unbranched alkanes of at least 4 members (excludes halogenated alkanes) is 2. The first-order valence-electron chi connectivity index (χ1n) is 4.57. The van der Waals surface area contributed by atoms with E-state index < -0.39 is 0 Å². The van der Waals surface area contributed by atoms with Crippen LogP contribution in [0.15, 0.2) is 0 Å². The van der Waals surface area contributed by atoms with E-state index in [0.717, 1.165) is 0 Å². The van der Waals surface area contributed by atoms with Gasteiger partial charge in [0, 0.05) is 0 Å². The quantitative estimate of drug-likeness (QED) is 0.620. The van der Waals surface area contributed by atoms with Crippen molar-refractivity contribution in [3.05, 3.63) is 0 Å². The Hall–Kier alpha value is -0.0800. The van der Waals surface area contributed by atoms with Crippen molar-refractivity contribution < 1.29 is 0 Å². The minimum atomic E-state index is 1.18. The van der Waals surface area contributed by atoms with Crippen LogP contribution in [0.25, 0.3) is 0 Å². The molecule has 0 amide bonds. The summed E-state index contributed by atoms with van der Waals surface area (Å²) in [5, 5.41) is 0. The summed E-state index contributed by atoms with van der Waals surface area (Å²) in [6.45, 7) is 6.89. The average Bonchev–Trinajstić information content (AvgIpc) is 2.08. The van der Waals surface area contributed by atoms with E-state index in [-0.39, 0.29) is 0 Å². The fourth-order valence-corrected chi connectivity index (χ4v) is 0.790. The standard InChI is InChI=1S/C8H19N.CH5N/c1-4-6-7-8-9(3)5-2;1-2/h4-8H2,1-3H3;2H2,1H3. The third kappa shape index (κ3) is 13.0. The summed E-state index contributed by atoms with van der Waals surface area (Å²) >= 11 is 0. The van der Waals surface area contributed by atoms with Gasteiger partial charge in [0.15, 0.2) is 0 Å². The summed E-state index contributed by atoms with van der Waals surface area (Å²) < 4.78 is 0. The smallest absolute Gasteiger partial charge is 0.00219 e. The molecule has 0 heterocycles. The maximum atomic E-state index is 4.50. The molecule has 2 nitrogen and oxygen atoms in total. The molecule has 0 aliphatic carbocycles. The van der Waals surface area contributed by atoms with Crippen LogP contribution in [0.1, 0.15) is 33.1 Å². The Bertz CT molecular complexity index is 55.5. The highest BCUT2D eigenvalue weighted by molar-refractivity contribution is 4.46. The van der Waals surface area contributed by atoms with Crippen molar-refractivity contribution in [2.24, 2.45) is 5.73 Å². The number of hydrogen-bond donors (Lipinski definition) is 1. The van der Waals surface area contributed by atoms with Crippen LogP contribution in [-0.2, 0) is 0 Å². The summed E-state index contributed by atoms with van der Waals surface area (Å²) in [6, 6.07) is 0. The highest BCUT2D eigenvalue weighted by Crippen LogP contribution is 1.94. The topological polar surface area (TPSA) is 29.3 Å². The van der Waals surface area contributed by atoms with Gasteiger partial charge in [0.05, 0.1) is 0 Å². The summed E-state index contributed by atoms with van der Waals surface area (Å²) in [7, 11) is 3.68. The Kier molecular flexibility index (Phi) is 15.4. The molecule has 0 fully saturated rings. The molecule has 0 radical (unpaired) electrons. The normalized spacial score (nSPS) is 9.27. The molecular weight excluding hydrogens is 136 g/mol. The molecule has 0 aliphatic rings. The zero-order valence-electron chi connectivity index (χ0n) is 8.56. The van der Waals surface area contributed by atoms with E-state index in [2.05, 4.69) is 31.5 Å². The first kappa shape index (κ1) is 13.5. The van der Waals surface area contributed by atoms with Crippen molar-refractivity contribution >= 4 is 0 Å². The van der Waals surface area contributed by atoms with E-state index in [1.54, 1.807) is 0 Å². The fraction of sp³-hybridized carbons (Fsp3) is 1.00. The zero-order chi connectivity index (χ0) is 9.11. The summed E-state index contributed by atoms with van der Waals surface area (Å²) in [5.74, 6) is 0. The molecule has 0 saturated heterocycles. The molecule has 11 heavy (non-hydrogen) atoms. The maximum Gasteiger partial charge on any atom is -0.00219 e. The van der Waals surface area contributed by atoms with Crippen molar-refractivity contribution in [1.29, 1.82) is 0 Å². The molecule has 0 saturated carbocycles. The zero-order valence-corrected chi connectivity index (χ0v) is 8.56. The van der Waals surface area contributed by atoms with Gasteiger partial charge in [0.2, 0.25) is 0 Å². The van der Waals surface area contributed by atoms with Crippen molar-refractivity contribution in [3.8, 4) is 0 Å². The molecular formula is C9H24N2. The predicted molar refractivity (Wildman–Crippen MR) is 52.8 cm³/mol. The lowest BCUT2D eigenvalue weighted by atomic mass is 10.2. The molecule has 2 N–H and O–H groups in total. The van der Waals surface area contributed by atoms with Gasteiger partial charge >= 0.3 is 0 Å². The van der Waals surface area contributed by atoms with Crippen molar-refractivity contribution in [2.75, 3.05) is 27.2 Å². The van der Waals surface area contributed by atoms with Gasteiger partial charge in [-0.25, -0.2) is 0 Å². The van der Waals surface area contributed by atoms with Crippen LogP contribution in [0.5, 0.6) is 0 Å². The number of nitrogens with zero attached hydrogens (tertiary/aromatic N) is 1. The van der Waals surface area contributed by atoms with Gasteiger partial charge in [0.25, 0.3) is 0 Å². The second kappa shape index (κ2) is 12.6. The molecule has 0 aromatic carbocycles. The molecule has 0 spiro atoms. The second-order valence-corrected chi connectivity index (χ2v) is 2.60. The Morgan fingerprint density at radius 3 is 2.00 bits per heavy atom. The summed E-state index contributed by atoms with van der Waals surface area (Å²) in [5.41, 5.74) is 4.50. The van der Waals surface area contributed by atoms with Crippen LogP contribution in [-0.4, -0.2) is 32.1 Å². The highest BCUT2D eigenvalue weighted by Gasteiger charge is 1.91. The first-order valence-corrected chi connectivity index (χ1v) is 4.57. The third-order valence-corrected chi connectivity index (χ3v) is 1.68. The Morgan fingerprint density at radius 1 is 1.09 bits per heavy atom. The molecule has 0 aromatic heterocycles. The Balaban J connectivity index is 0. The van der Waals surface area contributed by atoms with E-state index in [4.69, 9.17) is 0 Å². The van der Waals surface area contributed by atoms with E-state index in [9.17, 15) is 0 Å². The largest absolute Gasteiger partial charge is 0.333 e. The molecule has 0 unspecified atom stereocenters. The van der Waals surface area contributed by atoms with Gasteiger partial charge in [0.1, 0.15) is 0 Å². The predicted octanol–water partition coefficient (Wildman–Crippen LogP) is 1.70. The van der Waals surface area contributed by atoms with E-state index in [1.165, 1.54) is 39.4 Å². The fourth-order valence-electron chi connectivity index (χ4n) is 0.790. The van der Waals surface area contributed by atoms with E-state index in [0.29, 0.717) is 0 Å². The van der Waals surface area contributed by atoms with Crippen molar-refractivity contribution in [3.63, 3.8) is 0 Å². The van der Waals surface area contributed by atoms with Crippen LogP contribution in [0.4, 0.5) is 0 Å². The Labute approximate surface area is 71.8 Å². The van der Waals surface area contributed by atoms with Crippen LogP contribution in [0, 0.1) is 0 Å². The van der Waals surface area contributed by atoms with Gasteiger partial charge in [-0.1, -0.05) is 26.7 Å². The maximum absolute atomic E-state index is 4.50. The number of rotatable bonds is 5. The Morgan fingerprint density at radius 2 is 1.64 bits per heavy atom. The van der Waals surface area contributed by atoms with Gasteiger partial charge in [-0.15, -0.1) is 0 Å². The monoisotopic (exact) mass is 160 g/mol. The molecule has 0 aromatic rings. The lowest BCUT2D eigenvalue weighted by Gasteiger charge is -2.12. The van der Waals surface area contributed by atoms with E-state index >= 15 is 0 Å². The molecule has 2 heteroatoms. The lowest BCUT2D eigenvalue weighted by Crippen LogP contribution is -2.18. The molecule has 0 aliphatic heterocycles.